The maximum absolute atomic E-state index is 13.5. The molecular formula is C22H19Cl2N3O5. The van der Waals surface area contributed by atoms with Crippen molar-refractivity contribution in [2.24, 2.45) is 11.8 Å². The van der Waals surface area contributed by atoms with Crippen LogP contribution in [0.5, 0.6) is 0 Å². The Balaban J connectivity index is 1.79. The van der Waals surface area contributed by atoms with Gasteiger partial charge in [0, 0.05) is 11.1 Å². The minimum atomic E-state index is -0.694. The van der Waals surface area contributed by atoms with Crippen molar-refractivity contribution in [3.05, 3.63) is 73.8 Å². The molecule has 8 nitrogen and oxygen atoms in total. The lowest BCUT2D eigenvalue weighted by Crippen LogP contribution is -2.50. The Morgan fingerprint density at radius 2 is 1.69 bits per heavy atom. The molecular weight excluding hydrogens is 457 g/mol. The Labute approximate surface area is 193 Å². The van der Waals surface area contributed by atoms with Crippen molar-refractivity contribution in [3.8, 4) is 0 Å². The van der Waals surface area contributed by atoms with Crippen LogP contribution in [-0.2, 0) is 16.1 Å². The van der Waals surface area contributed by atoms with Gasteiger partial charge in [0.2, 0.25) is 0 Å². The van der Waals surface area contributed by atoms with Crippen molar-refractivity contribution in [1.82, 2.24) is 10.0 Å². The van der Waals surface area contributed by atoms with Gasteiger partial charge in [-0.25, -0.2) is 5.01 Å². The van der Waals surface area contributed by atoms with E-state index < -0.39 is 34.5 Å². The van der Waals surface area contributed by atoms with Gasteiger partial charge in [-0.15, -0.1) is 0 Å². The van der Waals surface area contributed by atoms with Gasteiger partial charge in [-0.1, -0.05) is 48.2 Å². The van der Waals surface area contributed by atoms with Gasteiger partial charge >= 0.3 is 0 Å². The molecule has 2 aromatic carbocycles. The molecule has 166 valence electrons. The zero-order chi connectivity index (χ0) is 23.0. The highest BCUT2D eigenvalue weighted by Crippen LogP contribution is 2.40. The molecule has 2 aliphatic rings. The number of halogens is 2. The molecule has 4 rings (SSSR count). The fraction of sp³-hybridized carbons (Fsp3) is 0.318. The van der Waals surface area contributed by atoms with Crippen LogP contribution in [0.15, 0.2) is 42.5 Å². The average molecular weight is 476 g/mol. The first kappa shape index (κ1) is 22.2. The minimum Gasteiger partial charge on any atom is -0.272 e. The number of hydrogen-bond acceptors (Lipinski definition) is 5. The normalized spacial score (nSPS) is 20.2. The van der Waals surface area contributed by atoms with Crippen molar-refractivity contribution in [2.45, 2.75) is 32.2 Å². The maximum Gasteiger partial charge on any atom is 0.275 e. The van der Waals surface area contributed by atoms with Crippen LogP contribution in [0.25, 0.3) is 0 Å². The lowest BCUT2D eigenvalue weighted by molar-refractivity contribution is -0.385. The van der Waals surface area contributed by atoms with E-state index in [4.69, 9.17) is 23.2 Å². The first-order chi connectivity index (χ1) is 15.3. The van der Waals surface area contributed by atoms with Crippen LogP contribution in [0.2, 0.25) is 10.0 Å². The highest BCUT2D eigenvalue weighted by Gasteiger charge is 2.51. The van der Waals surface area contributed by atoms with Gasteiger partial charge in [-0.2, -0.15) is 5.01 Å². The minimum absolute atomic E-state index is 0.0845. The molecule has 1 heterocycles. The maximum atomic E-state index is 13.5. The molecule has 0 spiro atoms. The molecule has 3 amide bonds. The number of nitrogens with zero attached hydrogens (tertiary/aromatic N) is 3. The Hall–Kier alpha value is -2.97. The Bertz CT molecular complexity index is 1100. The number of amides is 3. The summed E-state index contributed by atoms with van der Waals surface area (Å²) in [5.74, 6) is -2.59. The second-order valence-electron chi connectivity index (χ2n) is 7.86. The number of carbonyl (C=O) groups excluding carboxylic acids is 3. The predicted molar refractivity (Wildman–Crippen MR) is 117 cm³/mol. The molecule has 10 heteroatoms. The molecule has 0 aromatic heterocycles. The van der Waals surface area contributed by atoms with Crippen LogP contribution in [0.1, 0.15) is 41.6 Å². The topological polar surface area (TPSA) is 101 Å². The molecule has 1 saturated heterocycles. The molecule has 0 bridgehead atoms. The second-order valence-corrected chi connectivity index (χ2v) is 8.70. The quantitative estimate of drug-likeness (QED) is 0.356. The third-order valence-electron chi connectivity index (χ3n) is 5.96. The van der Waals surface area contributed by atoms with E-state index in [1.165, 1.54) is 30.3 Å². The van der Waals surface area contributed by atoms with Gasteiger partial charge in [0.1, 0.15) is 0 Å². The molecule has 2 aromatic rings. The number of benzene rings is 2. The summed E-state index contributed by atoms with van der Waals surface area (Å²) in [7, 11) is 0. The van der Waals surface area contributed by atoms with Gasteiger partial charge in [-0.3, -0.25) is 24.5 Å². The zero-order valence-corrected chi connectivity index (χ0v) is 18.4. The van der Waals surface area contributed by atoms with Gasteiger partial charge in [0.05, 0.1) is 39.5 Å². The second kappa shape index (κ2) is 8.88. The number of fused-ring (bicyclic) bond motifs is 1. The largest absolute Gasteiger partial charge is 0.275 e. The highest BCUT2D eigenvalue weighted by atomic mass is 35.5. The smallest absolute Gasteiger partial charge is 0.272 e. The third kappa shape index (κ3) is 3.96. The summed E-state index contributed by atoms with van der Waals surface area (Å²) in [5.41, 5.74) is -0.0949. The molecule has 1 aliphatic heterocycles. The lowest BCUT2D eigenvalue weighted by Gasteiger charge is -2.30. The molecule has 1 aliphatic carbocycles. The van der Waals surface area contributed by atoms with E-state index >= 15 is 0 Å². The zero-order valence-electron chi connectivity index (χ0n) is 16.9. The van der Waals surface area contributed by atoms with Gasteiger partial charge in [0.25, 0.3) is 23.4 Å². The van der Waals surface area contributed by atoms with Crippen LogP contribution in [0.4, 0.5) is 5.69 Å². The van der Waals surface area contributed by atoms with Crippen LogP contribution in [0.3, 0.4) is 0 Å². The van der Waals surface area contributed by atoms with E-state index in [0.29, 0.717) is 12.8 Å². The number of nitro groups is 1. The number of carbonyl (C=O) groups is 3. The summed E-state index contributed by atoms with van der Waals surface area (Å²) < 4.78 is 0. The molecule has 0 unspecified atom stereocenters. The van der Waals surface area contributed by atoms with Crippen molar-refractivity contribution in [1.29, 1.82) is 0 Å². The third-order valence-corrected chi connectivity index (χ3v) is 6.53. The summed E-state index contributed by atoms with van der Waals surface area (Å²) >= 11 is 12.1. The Kier molecular flexibility index (Phi) is 6.17. The summed E-state index contributed by atoms with van der Waals surface area (Å²) in [5, 5.41) is 13.7. The van der Waals surface area contributed by atoms with Crippen molar-refractivity contribution in [3.63, 3.8) is 0 Å². The summed E-state index contributed by atoms with van der Waals surface area (Å²) in [6, 6.07) is 10.3. The highest BCUT2D eigenvalue weighted by molar-refractivity contribution is 6.34. The molecule has 0 N–H and O–H groups in total. The van der Waals surface area contributed by atoms with Crippen molar-refractivity contribution < 1.29 is 19.3 Å². The first-order valence-electron chi connectivity index (χ1n) is 10.2. The first-order valence-corrected chi connectivity index (χ1v) is 10.9. The molecule has 32 heavy (non-hydrogen) atoms. The van der Waals surface area contributed by atoms with Gasteiger partial charge < -0.3 is 0 Å². The number of imide groups is 1. The summed E-state index contributed by atoms with van der Waals surface area (Å²) in [4.78, 5) is 50.9. The summed E-state index contributed by atoms with van der Waals surface area (Å²) in [6.45, 7) is -0.367. The van der Waals surface area contributed by atoms with E-state index in [-0.39, 0.29) is 33.4 Å². The van der Waals surface area contributed by atoms with E-state index in [2.05, 4.69) is 0 Å². The summed E-state index contributed by atoms with van der Waals surface area (Å²) in [6.07, 6.45) is 2.80. The SMILES string of the molecule is O=C(c1ccccc1Cl)N(Cc1ccc(Cl)cc1[N+](=O)[O-])N1C(=O)[C@H]2CCCC[C@@H]2C1=O. The van der Waals surface area contributed by atoms with Gasteiger partial charge in [-0.05, 0) is 37.1 Å². The van der Waals surface area contributed by atoms with E-state index in [1.54, 1.807) is 12.1 Å². The van der Waals surface area contributed by atoms with E-state index in [9.17, 15) is 24.5 Å². The Morgan fingerprint density at radius 1 is 1.06 bits per heavy atom. The van der Waals surface area contributed by atoms with Crippen LogP contribution in [-0.4, -0.2) is 32.7 Å². The number of rotatable bonds is 5. The molecule has 2 atom stereocenters. The Morgan fingerprint density at radius 3 is 2.28 bits per heavy atom. The van der Waals surface area contributed by atoms with Crippen LogP contribution >= 0.6 is 23.2 Å². The van der Waals surface area contributed by atoms with Crippen molar-refractivity contribution >= 4 is 46.6 Å². The van der Waals surface area contributed by atoms with Crippen LogP contribution < -0.4 is 0 Å². The number of hydrogen-bond donors (Lipinski definition) is 0. The molecule has 2 fully saturated rings. The monoisotopic (exact) mass is 475 g/mol. The number of hydrazine groups is 1. The van der Waals surface area contributed by atoms with Crippen molar-refractivity contribution in [2.75, 3.05) is 0 Å². The predicted octanol–water partition coefficient (Wildman–Crippen LogP) is 4.63. The fourth-order valence-corrected chi connectivity index (χ4v) is 4.77. The van der Waals surface area contributed by atoms with E-state index in [0.717, 1.165) is 22.9 Å². The number of nitro benzene ring substituents is 1. The lowest BCUT2D eigenvalue weighted by atomic mass is 9.81. The van der Waals surface area contributed by atoms with E-state index in [1.807, 2.05) is 0 Å². The van der Waals surface area contributed by atoms with Crippen LogP contribution in [0, 0.1) is 22.0 Å². The molecule has 1 saturated carbocycles. The average Bonchev–Trinajstić information content (AvgIpc) is 3.03. The van der Waals surface area contributed by atoms with Gasteiger partial charge in [0.15, 0.2) is 0 Å². The molecule has 0 radical (unpaired) electrons. The fourth-order valence-electron chi connectivity index (χ4n) is 4.39. The standard InChI is InChI=1S/C22H19Cl2N3O5/c23-14-10-9-13(19(11-14)27(31)32)12-25(20(28)17-7-3-4-8-18(17)24)26-21(29)15-5-1-2-6-16(15)22(26)30/h3-4,7-11,15-16H,1-2,5-6,12H2/t15-,16-/m0/s1.